The van der Waals surface area contributed by atoms with Crippen LogP contribution in [0, 0.1) is 41.5 Å². The van der Waals surface area contributed by atoms with Crippen molar-refractivity contribution in [2.45, 2.75) is 41.5 Å². The van der Waals surface area contributed by atoms with Crippen LogP contribution in [0.15, 0.2) is 36.8 Å². The molecule has 0 amide bonds. The summed E-state index contributed by atoms with van der Waals surface area (Å²) in [5.41, 5.74) is 9.36. The van der Waals surface area contributed by atoms with Gasteiger partial charge in [-0.3, -0.25) is 0 Å². The maximum Gasteiger partial charge on any atom is 0.327 e. The molecule has 0 unspecified atom stereocenters. The van der Waals surface area contributed by atoms with Crippen LogP contribution in [0.3, 0.4) is 0 Å². The van der Waals surface area contributed by atoms with Crippen molar-refractivity contribution in [2.75, 3.05) is 0 Å². The second-order valence-corrected chi connectivity index (χ2v) is 6.87. The smallest absolute Gasteiger partial charge is 0.327 e. The van der Waals surface area contributed by atoms with E-state index in [4.69, 9.17) is 0 Å². The zero-order valence-electron chi connectivity index (χ0n) is 15.3. The lowest BCUT2D eigenvalue weighted by molar-refractivity contribution is -0.595. The minimum atomic E-state index is 0.240. The Labute approximate surface area is 143 Å². The highest BCUT2D eigenvalue weighted by Crippen LogP contribution is 2.25. The van der Waals surface area contributed by atoms with Gasteiger partial charge in [-0.1, -0.05) is 35.4 Å². The number of hydrogen-bond acceptors (Lipinski definition) is 1. The molecular formula is C21H25N2O+. The zero-order chi connectivity index (χ0) is 17.6. The largest absolute Gasteiger partial charge is 0.475 e. The highest BCUT2D eigenvalue weighted by atomic mass is 16.3. The molecule has 0 aliphatic heterocycles. The number of aryl methyl sites for hydroxylation is 6. The molecule has 24 heavy (non-hydrogen) atoms. The fraction of sp³-hybridized carbons (Fsp3) is 0.286. The molecule has 3 rings (SSSR count). The van der Waals surface area contributed by atoms with E-state index in [0.717, 1.165) is 22.5 Å². The van der Waals surface area contributed by atoms with Crippen molar-refractivity contribution in [1.29, 1.82) is 0 Å². The van der Waals surface area contributed by atoms with Crippen molar-refractivity contribution in [2.24, 2.45) is 0 Å². The molecule has 0 spiro atoms. The minimum absolute atomic E-state index is 0.240. The summed E-state index contributed by atoms with van der Waals surface area (Å²) in [7, 11) is 0. The Hall–Kier alpha value is -2.55. The molecule has 2 aromatic carbocycles. The lowest BCUT2D eigenvalue weighted by Crippen LogP contribution is -2.30. The Morgan fingerprint density at radius 1 is 0.750 bits per heavy atom. The predicted molar refractivity (Wildman–Crippen MR) is 97.4 cm³/mol. The van der Waals surface area contributed by atoms with E-state index in [0.29, 0.717) is 0 Å². The van der Waals surface area contributed by atoms with E-state index in [1.165, 1.54) is 22.3 Å². The van der Waals surface area contributed by atoms with E-state index in [1.807, 2.05) is 15.5 Å². The van der Waals surface area contributed by atoms with Gasteiger partial charge in [-0.25, -0.2) is 0 Å². The first kappa shape index (κ1) is 16.3. The Bertz CT molecular complexity index is 889. The average Bonchev–Trinajstić information content (AvgIpc) is 2.78. The van der Waals surface area contributed by atoms with Gasteiger partial charge < -0.3 is 5.11 Å². The number of hydrogen-bond donors (Lipinski definition) is 1. The summed E-state index contributed by atoms with van der Waals surface area (Å²) >= 11 is 0. The summed E-state index contributed by atoms with van der Waals surface area (Å²) in [5, 5.41) is 10.5. The molecule has 124 valence electrons. The average molecular weight is 321 g/mol. The van der Waals surface area contributed by atoms with E-state index in [9.17, 15) is 5.11 Å². The summed E-state index contributed by atoms with van der Waals surface area (Å²) < 4.78 is 3.88. The Morgan fingerprint density at radius 2 is 1.21 bits per heavy atom. The van der Waals surface area contributed by atoms with Gasteiger partial charge in [-0.15, -0.1) is 0 Å². The Balaban J connectivity index is 2.20. The highest BCUT2D eigenvalue weighted by molar-refractivity contribution is 5.51. The maximum absolute atomic E-state index is 10.5. The van der Waals surface area contributed by atoms with Gasteiger partial charge in [-0.2, -0.15) is 9.13 Å². The zero-order valence-corrected chi connectivity index (χ0v) is 15.3. The lowest BCUT2D eigenvalue weighted by Gasteiger charge is -2.08. The van der Waals surface area contributed by atoms with Gasteiger partial charge in [0.1, 0.15) is 11.4 Å². The van der Waals surface area contributed by atoms with Crippen LogP contribution in [0.25, 0.3) is 11.4 Å². The van der Waals surface area contributed by atoms with E-state index < -0.39 is 0 Å². The van der Waals surface area contributed by atoms with E-state index >= 15 is 0 Å². The van der Waals surface area contributed by atoms with Gasteiger partial charge in [0, 0.05) is 0 Å². The molecule has 0 bridgehead atoms. The molecule has 3 aromatic rings. The van der Waals surface area contributed by atoms with Gasteiger partial charge in [0.05, 0.1) is 0 Å². The van der Waals surface area contributed by atoms with Gasteiger partial charge in [0.25, 0.3) is 6.33 Å². The van der Waals surface area contributed by atoms with Gasteiger partial charge in [-0.05, 0) is 63.8 Å². The second kappa shape index (κ2) is 5.82. The molecule has 0 aliphatic rings. The van der Waals surface area contributed by atoms with Crippen LogP contribution >= 0.6 is 0 Å². The van der Waals surface area contributed by atoms with Crippen LogP contribution in [-0.2, 0) is 0 Å². The van der Waals surface area contributed by atoms with Gasteiger partial charge in [0.2, 0.25) is 0 Å². The topological polar surface area (TPSA) is 29.0 Å². The van der Waals surface area contributed by atoms with E-state index in [-0.39, 0.29) is 5.88 Å². The van der Waals surface area contributed by atoms with Gasteiger partial charge >= 0.3 is 5.88 Å². The highest BCUT2D eigenvalue weighted by Gasteiger charge is 2.21. The number of imidazole rings is 1. The third kappa shape index (κ3) is 2.71. The number of benzene rings is 2. The van der Waals surface area contributed by atoms with Crippen molar-refractivity contribution < 1.29 is 9.67 Å². The van der Waals surface area contributed by atoms with Gasteiger partial charge in [0.15, 0.2) is 6.20 Å². The number of aromatic nitrogens is 2. The molecule has 1 aromatic heterocycles. The number of nitrogens with zero attached hydrogens (tertiary/aromatic N) is 2. The van der Waals surface area contributed by atoms with Crippen molar-refractivity contribution in [3.63, 3.8) is 0 Å². The Morgan fingerprint density at radius 3 is 1.71 bits per heavy atom. The van der Waals surface area contributed by atoms with Crippen molar-refractivity contribution in [3.05, 3.63) is 70.2 Å². The fourth-order valence-electron chi connectivity index (χ4n) is 3.83. The molecular weight excluding hydrogens is 296 g/mol. The van der Waals surface area contributed by atoms with Crippen LogP contribution in [0.5, 0.6) is 5.88 Å². The van der Waals surface area contributed by atoms with Crippen LogP contribution in [0.4, 0.5) is 0 Å². The first-order chi connectivity index (χ1) is 11.3. The molecule has 1 heterocycles. The van der Waals surface area contributed by atoms with Crippen molar-refractivity contribution in [1.82, 2.24) is 4.57 Å². The number of rotatable bonds is 2. The molecule has 0 fully saturated rings. The fourth-order valence-corrected chi connectivity index (χ4v) is 3.83. The molecule has 0 saturated heterocycles. The molecule has 0 aliphatic carbocycles. The van der Waals surface area contributed by atoms with E-state index in [2.05, 4.69) is 65.8 Å². The summed E-state index contributed by atoms with van der Waals surface area (Å²) in [6.45, 7) is 12.6. The van der Waals surface area contributed by atoms with E-state index in [1.54, 1.807) is 6.20 Å². The molecule has 0 saturated carbocycles. The lowest BCUT2D eigenvalue weighted by atomic mass is 10.0. The van der Waals surface area contributed by atoms with Crippen LogP contribution < -0.4 is 4.57 Å². The number of aromatic hydroxyl groups is 1. The first-order valence-electron chi connectivity index (χ1n) is 8.27. The van der Waals surface area contributed by atoms with Crippen molar-refractivity contribution in [3.8, 4) is 17.3 Å². The molecule has 1 N–H and O–H groups in total. The SMILES string of the molecule is Cc1cc(C)c(-n2c[n+](-c3c(C)cc(C)cc3C)cc2O)c(C)c1. The minimum Gasteiger partial charge on any atom is -0.475 e. The quantitative estimate of drug-likeness (QED) is 0.700. The third-order valence-corrected chi connectivity index (χ3v) is 4.51. The second-order valence-electron chi connectivity index (χ2n) is 6.87. The van der Waals surface area contributed by atoms with Crippen LogP contribution in [0.2, 0.25) is 0 Å². The first-order valence-corrected chi connectivity index (χ1v) is 8.27. The van der Waals surface area contributed by atoms with Crippen LogP contribution in [-0.4, -0.2) is 9.67 Å². The molecule has 0 radical (unpaired) electrons. The predicted octanol–water partition coefficient (Wildman–Crippen LogP) is 4.31. The standard InChI is InChI=1S/C21H24N2O/c1-13-7-15(3)20(16(4)8-13)22-11-19(24)23(12-22)21-17(5)9-14(2)10-18(21)6/h7-12H,1-6H3/p+1. The summed E-state index contributed by atoms with van der Waals surface area (Å²) in [6, 6.07) is 8.64. The third-order valence-electron chi connectivity index (χ3n) is 4.51. The summed E-state index contributed by atoms with van der Waals surface area (Å²) in [4.78, 5) is 0. The van der Waals surface area contributed by atoms with Crippen LogP contribution in [0.1, 0.15) is 33.4 Å². The summed E-state index contributed by atoms with van der Waals surface area (Å²) in [5.74, 6) is 0.240. The Kier molecular flexibility index (Phi) is 3.96. The van der Waals surface area contributed by atoms with Crippen molar-refractivity contribution >= 4 is 0 Å². The monoisotopic (exact) mass is 321 g/mol. The molecule has 0 atom stereocenters. The normalized spacial score (nSPS) is 11.1. The molecule has 3 heteroatoms. The summed E-state index contributed by atoms with van der Waals surface area (Å²) in [6.07, 6.45) is 3.74. The molecule has 3 nitrogen and oxygen atoms in total. The maximum atomic E-state index is 10.5.